The first-order chi connectivity index (χ1) is 13.4. The minimum atomic E-state index is -0.506. The maximum absolute atomic E-state index is 12.2. The molecule has 1 aromatic heterocycles. The first-order valence-corrected chi connectivity index (χ1v) is 8.71. The quantitative estimate of drug-likeness (QED) is 0.413. The Morgan fingerprint density at radius 1 is 1.11 bits per heavy atom. The number of nitrogens with one attached hydrogen (secondary N) is 1. The van der Waals surface area contributed by atoms with Crippen molar-refractivity contribution in [3.05, 3.63) is 92.8 Å². The number of aromatic nitrogens is 1. The van der Waals surface area contributed by atoms with Crippen molar-refractivity contribution in [2.24, 2.45) is 5.10 Å². The van der Waals surface area contributed by atoms with E-state index in [1.165, 1.54) is 12.1 Å². The molecule has 0 radical (unpaired) electrons. The molecule has 0 saturated heterocycles. The number of carbonyl (C=O) groups excluding carboxylic acids is 1. The number of rotatable bonds is 5. The van der Waals surface area contributed by atoms with Crippen molar-refractivity contribution >= 4 is 17.8 Å². The molecule has 2 aromatic carbocycles. The van der Waals surface area contributed by atoms with Crippen molar-refractivity contribution < 1.29 is 9.72 Å². The Morgan fingerprint density at radius 2 is 1.82 bits per heavy atom. The van der Waals surface area contributed by atoms with Gasteiger partial charge in [-0.3, -0.25) is 14.9 Å². The van der Waals surface area contributed by atoms with Gasteiger partial charge in [-0.1, -0.05) is 24.3 Å². The standard InChI is InChI=1S/C21H20N4O3/c1-14-9-10-17(12-20(14)25(27)28)21(26)23-22-13-18-11-15(2)24(16(18)3)19-7-5-4-6-8-19/h4-13H,1-3H3,(H,23,26)/b22-13-. The van der Waals surface area contributed by atoms with Crippen molar-refractivity contribution in [2.75, 3.05) is 0 Å². The lowest BCUT2D eigenvalue weighted by atomic mass is 10.1. The van der Waals surface area contributed by atoms with Crippen LogP contribution in [0.4, 0.5) is 5.69 Å². The Hall–Kier alpha value is -3.74. The lowest BCUT2D eigenvalue weighted by molar-refractivity contribution is -0.385. The predicted octanol–water partition coefficient (Wildman–Crippen LogP) is 4.07. The van der Waals surface area contributed by atoms with Crippen LogP contribution in [-0.2, 0) is 0 Å². The third-order valence-corrected chi connectivity index (χ3v) is 4.52. The van der Waals surface area contributed by atoms with Crippen LogP contribution < -0.4 is 5.43 Å². The summed E-state index contributed by atoms with van der Waals surface area (Å²) in [6.45, 7) is 5.61. The molecule has 0 aliphatic rings. The van der Waals surface area contributed by atoms with E-state index >= 15 is 0 Å². The summed E-state index contributed by atoms with van der Waals surface area (Å²) in [5, 5.41) is 15.0. The van der Waals surface area contributed by atoms with Crippen LogP contribution in [0, 0.1) is 30.9 Å². The van der Waals surface area contributed by atoms with E-state index < -0.39 is 10.8 Å². The lowest BCUT2D eigenvalue weighted by Crippen LogP contribution is -2.18. The molecular weight excluding hydrogens is 356 g/mol. The Kier molecular flexibility index (Phi) is 5.35. The van der Waals surface area contributed by atoms with Gasteiger partial charge in [0.25, 0.3) is 11.6 Å². The number of nitrogens with zero attached hydrogens (tertiary/aromatic N) is 3. The molecule has 28 heavy (non-hydrogen) atoms. The molecule has 0 spiro atoms. The third kappa shape index (κ3) is 3.83. The fourth-order valence-electron chi connectivity index (χ4n) is 3.07. The average Bonchev–Trinajstić information content (AvgIpc) is 2.96. The van der Waals surface area contributed by atoms with Gasteiger partial charge in [0.1, 0.15) is 0 Å². The summed E-state index contributed by atoms with van der Waals surface area (Å²) >= 11 is 0. The first kappa shape index (κ1) is 19.0. The van der Waals surface area contributed by atoms with Crippen LogP contribution in [0.1, 0.15) is 32.9 Å². The van der Waals surface area contributed by atoms with E-state index in [9.17, 15) is 14.9 Å². The summed E-state index contributed by atoms with van der Waals surface area (Å²) in [4.78, 5) is 22.8. The van der Waals surface area contributed by atoms with E-state index in [1.54, 1.807) is 19.2 Å². The van der Waals surface area contributed by atoms with E-state index in [0.717, 1.165) is 22.6 Å². The molecule has 0 bridgehead atoms. The minimum absolute atomic E-state index is 0.0944. The van der Waals surface area contributed by atoms with Crippen LogP contribution in [0.5, 0.6) is 0 Å². The van der Waals surface area contributed by atoms with Gasteiger partial charge in [-0.25, -0.2) is 5.43 Å². The molecule has 0 atom stereocenters. The maximum Gasteiger partial charge on any atom is 0.273 e. The van der Waals surface area contributed by atoms with Crippen molar-refractivity contribution in [3.63, 3.8) is 0 Å². The van der Waals surface area contributed by atoms with Crippen molar-refractivity contribution in [3.8, 4) is 5.69 Å². The highest BCUT2D eigenvalue weighted by atomic mass is 16.6. The van der Waals surface area contributed by atoms with Crippen LogP contribution in [0.25, 0.3) is 5.69 Å². The van der Waals surface area contributed by atoms with E-state index in [2.05, 4.69) is 15.1 Å². The number of nitro groups is 1. The van der Waals surface area contributed by atoms with E-state index in [4.69, 9.17) is 0 Å². The van der Waals surface area contributed by atoms with Crippen LogP contribution in [0.2, 0.25) is 0 Å². The molecule has 142 valence electrons. The molecule has 7 heteroatoms. The topological polar surface area (TPSA) is 89.5 Å². The van der Waals surface area contributed by atoms with Crippen LogP contribution in [0.15, 0.2) is 59.7 Å². The Labute approximate surface area is 162 Å². The highest BCUT2D eigenvalue weighted by Gasteiger charge is 2.15. The van der Waals surface area contributed by atoms with Crippen molar-refractivity contribution in [2.45, 2.75) is 20.8 Å². The molecule has 0 saturated carbocycles. The number of amides is 1. The summed E-state index contributed by atoms with van der Waals surface area (Å²) in [5.41, 5.74) is 6.98. The molecule has 0 fully saturated rings. The minimum Gasteiger partial charge on any atom is -0.318 e. The summed E-state index contributed by atoms with van der Waals surface area (Å²) in [6.07, 6.45) is 1.57. The zero-order valence-electron chi connectivity index (χ0n) is 15.8. The molecule has 0 aliphatic carbocycles. The number of hydrogen-bond acceptors (Lipinski definition) is 4. The van der Waals surface area contributed by atoms with Gasteiger partial charge < -0.3 is 4.57 Å². The molecule has 1 amide bonds. The molecule has 0 unspecified atom stereocenters. The number of hydrazone groups is 1. The molecule has 3 rings (SSSR count). The average molecular weight is 376 g/mol. The van der Waals surface area contributed by atoms with Gasteiger partial charge in [-0.05, 0) is 45.0 Å². The predicted molar refractivity (Wildman–Crippen MR) is 108 cm³/mol. The Balaban J connectivity index is 1.78. The summed E-state index contributed by atoms with van der Waals surface area (Å²) in [7, 11) is 0. The molecule has 7 nitrogen and oxygen atoms in total. The van der Waals surface area contributed by atoms with Crippen molar-refractivity contribution in [1.29, 1.82) is 0 Å². The number of para-hydroxylation sites is 1. The lowest BCUT2D eigenvalue weighted by Gasteiger charge is -2.08. The number of hydrogen-bond donors (Lipinski definition) is 1. The van der Waals surface area contributed by atoms with Gasteiger partial charge in [-0.2, -0.15) is 5.10 Å². The Morgan fingerprint density at radius 3 is 2.50 bits per heavy atom. The van der Waals surface area contributed by atoms with E-state index in [1.807, 2.05) is 50.2 Å². The SMILES string of the molecule is Cc1ccc(C(=O)N/N=C\c2cc(C)n(-c3ccccc3)c2C)cc1[N+](=O)[O-]. The maximum atomic E-state index is 12.2. The number of benzene rings is 2. The second kappa shape index (κ2) is 7.87. The summed E-state index contributed by atoms with van der Waals surface area (Å²) < 4.78 is 2.10. The molecule has 1 heterocycles. The van der Waals surface area contributed by atoms with Crippen LogP contribution in [-0.4, -0.2) is 21.6 Å². The monoisotopic (exact) mass is 376 g/mol. The zero-order valence-corrected chi connectivity index (χ0v) is 15.8. The third-order valence-electron chi connectivity index (χ3n) is 4.52. The van der Waals surface area contributed by atoms with Gasteiger partial charge >= 0.3 is 0 Å². The summed E-state index contributed by atoms with van der Waals surface area (Å²) in [5.74, 6) is -0.504. The molecule has 0 aliphatic heterocycles. The van der Waals surface area contributed by atoms with E-state index in [-0.39, 0.29) is 11.3 Å². The fraction of sp³-hybridized carbons (Fsp3) is 0.143. The normalized spacial score (nSPS) is 11.0. The zero-order chi connectivity index (χ0) is 20.3. The van der Waals surface area contributed by atoms with Gasteiger partial charge in [0, 0.05) is 39.8 Å². The highest BCUT2D eigenvalue weighted by Crippen LogP contribution is 2.20. The number of carbonyl (C=O) groups is 1. The Bertz CT molecular complexity index is 1070. The molecule has 3 aromatic rings. The van der Waals surface area contributed by atoms with Crippen LogP contribution in [0.3, 0.4) is 0 Å². The van der Waals surface area contributed by atoms with E-state index in [0.29, 0.717) is 5.56 Å². The van der Waals surface area contributed by atoms with Gasteiger partial charge in [0.05, 0.1) is 11.1 Å². The van der Waals surface area contributed by atoms with Gasteiger partial charge in [-0.15, -0.1) is 0 Å². The second-order valence-electron chi connectivity index (χ2n) is 6.45. The van der Waals surface area contributed by atoms with Crippen molar-refractivity contribution in [1.82, 2.24) is 9.99 Å². The highest BCUT2D eigenvalue weighted by molar-refractivity contribution is 5.95. The molecular formula is C21H20N4O3. The first-order valence-electron chi connectivity index (χ1n) is 8.71. The number of nitro benzene ring substituents is 1. The molecule has 1 N–H and O–H groups in total. The van der Waals surface area contributed by atoms with Gasteiger partial charge in [0.2, 0.25) is 0 Å². The number of aryl methyl sites for hydroxylation is 2. The summed E-state index contributed by atoms with van der Waals surface area (Å²) in [6, 6.07) is 16.3. The second-order valence-corrected chi connectivity index (χ2v) is 6.45. The largest absolute Gasteiger partial charge is 0.318 e. The van der Waals surface area contributed by atoms with Gasteiger partial charge in [0.15, 0.2) is 0 Å². The van der Waals surface area contributed by atoms with Crippen LogP contribution >= 0.6 is 0 Å². The smallest absolute Gasteiger partial charge is 0.273 e. The fourth-order valence-corrected chi connectivity index (χ4v) is 3.07.